The second kappa shape index (κ2) is 9.46. The Morgan fingerprint density at radius 3 is 2.39 bits per heavy atom. The van der Waals surface area contributed by atoms with Crippen molar-refractivity contribution in [3.63, 3.8) is 0 Å². The van der Waals surface area contributed by atoms with Gasteiger partial charge >= 0.3 is 6.09 Å². The van der Waals surface area contributed by atoms with E-state index >= 15 is 0 Å². The maximum Gasteiger partial charge on any atom is 0.408 e. The van der Waals surface area contributed by atoms with Crippen molar-refractivity contribution in [3.8, 4) is 0 Å². The summed E-state index contributed by atoms with van der Waals surface area (Å²) in [5.74, 6) is 0.246. The molecule has 33 heavy (non-hydrogen) atoms. The van der Waals surface area contributed by atoms with Gasteiger partial charge in [-0.05, 0) is 59.7 Å². The molecule has 0 saturated carbocycles. The number of benzene rings is 1. The summed E-state index contributed by atoms with van der Waals surface area (Å²) >= 11 is 0. The lowest BCUT2D eigenvalue weighted by Gasteiger charge is -2.35. The van der Waals surface area contributed by atoms with Crippen LogP contribution in [0.3, 0.4) is 0 Å². The van der Waals surface area contributed by atoms with Gasteiger partial charge in [-0.25, -0.2) is 9.18 Å². The van der Waals surface area contributed by atoms with Crippen LogP contribution in [0.2, 0.25) is 0 Å². The first-order chi connectivity index (χ1) is 15.3. The molecule has 1 N–H and O–H groups in total. The predicted molar refractivity (Wildman–Crippen MR) is 121 cm³/mol. The third-order valence-electron chi connectivity index (χ3n) is 5.27. The Labute approximate surface area is 193 Å². The van der Waals surface area contributed by atoms with Crippen molar-refractivity contribution in [1.29, 1.82) is 0 Å². The van der Waals surface area contributed by atoms with Gasteiger partial charge < -0.3 is 19.5 Å². The molecule has 1 fully saturated rings. The SMILES string of the molecule is CC(=O)c1ccc(N2CCN(Cc3nc(C(C)(C)NC(=O)OC(C)(C)C)no3)CC2)c(F)c1. The largest absolute Gasteiger partial charge is 0.444 e. The summed E-state index contributed by atoms with van der Waals surface area (Å²) in [6, 6.07) is 4.60. The molecule has 1 amide bonds. The average Bonchev–Trinajstić information content (AvgIpc) is 3.16. The van der Waals surface area contributed by atoms with Crippen molar-refractivity contribution in [2.24, 2.45) is 0 Å². The summed E-state index contributed by atoms with van der Waals surface area (Å²) in [7, 11) is 0. The first-order valence-electron chi connectivity index (χ1n) is 11.0. The van der Waals surface area contributed by atoms with Gasteiger partial charge in [-0.3, -0.25) is 9.69 Å². The molecular formula is C23H32FN5O4. The summed E-state index contributed by atoms with van der Waals surface area (Å²) in [6.07, 6.45) is -0.557. The summed E-state index contributed by atoms with van der Waals surface area (Å²) in [6.45, 7) is 13.4. The van der Waals surface area contributed by atoms with E-state index < -0.39 is 23.1 Å². The van der Waals surface area contributed by atoms with Crippen LogP contribution in [0.1, 0.15) is 63.6 Å². The minimum Gasteiger partial charge on any atom is -0.444 e. The fraction of sp³-hybridized carbons (Fsp3) is 0.565. The number of nitrogens with zero attached hydrogens (tertiary/aromatic N) is 4. The molecule has 2 heterocycles. The number of ketones is 1. The number of hydrogen-bond acceptors (Lipinski definition) is 8. The van der Waals surface area contributed by atoms with Crippen LogP contribution in [-0.2, 0) is 16.8 Å². The fourth-order valence-electron chi connectivity index (χ4n) is 3.51. The van der Waals surface area contributed by atoms with Crippen LogP contribution < -0.4 is 10.2 Å². The molecule has 1 saturated heterocycles. The number of alkyl carbamates (subject to hydrolysis) is 1. The minimum absolute atomic E-state index is 0.159. The van der Waals surface area contributed by atoms with E-state index in [9.17, 15) is 14.0 Å². The predicted octanol–water partition coefficient (Wildman–Crippen LogP) is 3.49. The third-order valence-corrected chi connectivity index (χ3v) is 5.27. The van der Waals surface area contributed by atoms with Gasteiger partial charge in [-0.15, -0.1) is 0 Å². The van der Waals surface area contributed by atoms with Gasteiger partial charge in [-0.1, -0.05) is 5.16 Å². The number of carbonyl (C=O) groups is 2. The molecule has 0 radical (unpaired) electrons. The Hall–Kier alpha value is -3.01. The molecule has 1 aliphatic rings. The van der Waals surface area contributed by atoms with Gasteiger partial charge in [0.2, 0.25) is 5.89 Å². The number of aromatic nitrogens is 2. The summed E-state index contributed by atoms with van der Waals surface area (Å²) in [4.78, 5) is 32.1. The second-order valence-electron chi connectivity index (χ2n) is 9.75. The first-order valence-corrected chi connectivity index (χ1v) is 11.0. The molecule has 1 aromatic carbocycles. The number of halogens is 1. The zero-order valence-corrected chi connectivity index (χ0v) is 20.1. The number of hydrogen-bond donors (Lipinski definition) is 1. The smallest absolute Gasteiger partial charge is 0.408 e. The summed E-state index contributed by atoms with van der Waals surface area (Å²) < 4.78 is 25.2. The van der Waals surface area contributed by atoms with Crippen molar-refractivity contribution in [1.82, 2.24) is 20.4 Å². The van der Waals surface area contributed by atoms with Crippen molar-refractivity contribution in [2.75, 3.05) is 31.1 Å². The second-order valence-corrected chi connectivity index (χ2v) is 9.75. The van der Waals surface area contributed by atoms with Crippen LogP contribution in [0.15, 0.2) is 22.7 Å². The van der Waals surface area contributed by atoms with Crippen LogP contribution in [0.4, 0.5) is 14.9 Å². The van der Waals surface area contributed by atoms with E-state index in [2.05, 4.69) is 20.4 Å². The summed E-state index contributed by atoms with van der Waals surface area (Å²) in [5.41, 5.74) is -0.615. The molecule has 1 aromatic heterocycles. The average molecular weight is 462 g/mol. The molecule has 3 rings (SSSR count). The van der Waals surface area contributed by atoms with Gasteiger partial charge in [-0.2, -0.15) is 4.98 Å². The molecule has 0 atom stereocenters. The monoisotopic (exact) mass is 461 g/mol. The number of rotatable bonds is 6. The third kappa shape index (κ3) is 6.50. The van der Waals surface area contributed by atoms with Crippen LogP contribution in [0.5, 0.6) is 0 Å². The first kappa shape index (κ1) is 24.6. The molecular weight excluding hydrogens is 429 g/mol. The lowest BCUT2D eigenvalue weighted by molar-refractivity contribution is 0.0465. The molecule has 0 unspecified atom stereocenters. The van der Waals surface area contributed by atoms with Crippen molar-refractivity contribution in [3.05, 3.63) is 41.3 Å². The topological polar surface area (TPSA) is 101 Å². The number of ether oxygens (including phenoxy) is 1. The van der Waals surface area contributed by atoms with Crippen molar-refractivity contribution >= 4 is 17.6 Å². The molecule has 0 spiro atoms. The van der Waals surface area contributed by atoms with Crippen LogP contribution in [0.25, 0.3) is 0 Å². The highest BCUT2D eigenvalue weighted by Crippen LogP contribution is 2.23. The standard InChI is InChI=1S/C23H32FN5O4/c1-15(30)16-7-8-18(17(24)13-16)29-11-9-28(10-12-29)14-19-25-20(27-33-19)23(5,6)26-21(31)32-22(2,3)4/h7-8,13H,9-12,14H2,1-6H3,(H,26,31). The van der Waals surface area contributed by atoms with Crippen molar-refractivity contribution < 1.29 is 23.2 Å². The van der Waals surface area contributed by atoms with E-state index in [4.69, 9.17) is 9.26 Å². The highest BCUT2D eigenvalue weighted by Gasteiger charge is 2.31. The van der Waals surface area contributed by atoms with E-state index in [1.165, 1.54) is 13.0 Å². The lowest BCUT2D eigenvalue weighted by Crippen LogP contribution is -2.46. The van der Waals surface area contributed by atoms with E-state index in [0.717, 1.165) is 0 Å². The normalized spacial score (nSPS) is 15.4. The Morgan fingerprint density at radius 2 is 1.82 bits per heavy atom. The Balaban J connectivity index is 1.55. The number of Topliss-reactive ketones (excluding diaryl/α,β-unsaturated/α-hetero) is 1. The maximum atomic E-state index is 14.5. The van der Waals surface area contributed by atoms with Crippen LogP contribution >= 0.6 is 0 Å². The Morgan fingerprint density at radius 1 is 1.15 bits per heavy atom. The maximum absolute atomic E-state index is 14.5. The molecule has 180 valence electrons. The molecule has 2 aromatic rings. The van der Waals surface area contributed by atoms with Gasteiger partial charge in [0.25, 0.3) is 0 Å². The van der Waals surface area contributed by atoms with Gasteiger partial charge in [0.1, 0.15) is 17.0 Å². The van der Waals surface area contributed by atoms with Gasteiger partial charge in [0.15, 0.2) is 11.6 Å². The molecule has 0 aliphatic carbocycles. The minimum atomic E-state index is -0.869. The van der Waals surface area contributed by atoms with E-state index in [1.807, 2.05) is 4.90 Å². The van der Waals surface area contributed by atoms with E-state index in [1.54, 1.807) is 46.8 Å². The van der Waals surface area contributed by atoms with Crippen molar-refractivity contribution in [2.45, 2.75) is 59.2 Å². The molecule has 0 bridgehead atoms. The number of carbonyl (C=O) groups excluding carboxylic acids is 2. The van der Waals surface area contributed by atoms with Gasteiger partial charge in [0.05, 0.1) is 12.2 Å². The fourth-order valence-corrected chi connectivity index (χ4v) is 3.51. The Bertz CT molecular complexity index is 1010. The number of anilines is 1. The Kier molecular flexibility index (Phi) is 7.06. The number of piperazine rings is 1. The van der Waals surface area contributed by atoms with Gasteiger partial charge in [0, 0.05) is 31.7 Å². The molecule has 1 aliphatic heterocycles. The lowest BCUT2D eigenvalue weighted by atomic mass is 10.1. The molecule has 10 heteroatoms. The quantitative estimate of drug-likeness (QED) is 0.653. The zero-order valence-electron chi connectivity index (χ0n) is 20.1. The van der Waals surface area contributed by atoms with Crippen LogP contribution in [0, 0.1) is 5.82 Å². The van der Waals surface area contributed by atoms with E-state index in [-0.39, 0.29) is 5.78 Å². The highest BCUT2D eigenvalue weighted by atomic mass is 19.1. The zero-order chi connectivity index (χ0) is 24.4. The van der Waals surface area contributed by atoms with Crippen LogP contribution in [-0.4, -0.2) is 58.7 Å². The number of nitrogens with one attached hydrogen (secondary N) is 1. The van der Waals surface area contributed by atoms with E-state index in [0.29, 0.717) is 55.7 Å². The highest BCUT2D eigenvalue weighted by molar-refractivity contribution is 5.94. The molecule has 9 nitrogen and oxygen atoms in total. The number of amides is 1. The summed E-state index contributed by atoms with van der Waals surface area (Å²) in [5, 5.41) is 6.79.